The minimum atomic E-state index is -3.89. The fourth-order valence-corrected chi connectivity index (χ4v) is 6.69. The fraction of sp³-hybridized carbons (Fsp3) is 0.389. The molecule has 2 amide bonds. The third kappa shape index (κ3) is 5.62. The van der Waals surface area contributed by atoms with Crippen LogP contribution in [0.15, 0.2) is 33.5 Å². The van der Waals surface area contributed by atoms with E-state index in [4.69, 9.17) is 5.73 Å². The second kappa shape index (κ2) is 9.94. The van der Waals surface area contributed by atoms with Crippen LogP contribution in [0.5, 0.6) is 0 Å². The van der Waals surface area contributed by atoms with Crippen molar-refractivity contribution >= 4 is 50.6 Å². The highest BCUT2D eigenvalue weighted by Gasteiger charge is 2.31. The topological polar surface area (TPSA) is 157 Å². The minimum absolute atomic E-state index is 0.0978. The number of sulfonamides is 1. The standard InChI is InChI=1S/C18H21N5O6S3/c1-12-15(10-16(19)24)31-18(20-12)30-11-17(25)21-5-7-22(8-6-21)32(28,29)14-4-2-3-13(9-14)23(26)27/h2-4,9H,5-8,10-11H2,1H3,(H2,19,24). The van der Waals surface area contributed by atoms with Gasteiger partial charge in [-0.3, -0.25) is 19.7 Å². The average molecular weight is 500 g/mol. The smallest absolute Gasteiger partial charge is 0.270 e. The van der Waals surface area contributed by atoms with Crippen LogP contribution in [0, 0.1) is 17.0 Å². The van der Waals surface area contributed by atoms with Gasteiger partial charge in [0, 0.05) is 43.2 Å². The van der Waals surface area contributed by atoms with Crippen molar-refractivity contribution in [2.45, 2.75) is 22.6 Å². The van der Waals surface area contributed by atoms with Crippen molar-refractivity contribution in [1.29, 1.82) is 0 Å². The van der Waals surface area contributed by atoms with Crippen LogP contribution in [-0.4, -0.2) is 71.3 Å². The zero-order chi connectivity index (χ0) is 23.5. The van der Waals surface area contributed by atoms with E-state index >= 15 is 0 Å². The first-order chi connectivity index (χ1) is 15.1. The molecule has 32 heavy (non-hydrogen) atoms. The molecule has 0 radical (unpaired) electrons. The number of thioether (sulfide) groups is 1. The summed E-state index contributed by atoms with van der Waals surface area (Å²) in [5.41, 5.74) is 5.63. The molecule has 2 aromatic rings. The molecule has 1 aromatic heterocycles. The van der Waals surface area contributed by atoms with E-state index in [1.165, 1.54) is 45.6 Å². The van der Waals surface area contributed by atoms with Crippen LogP contribution in [0.25, 0.3) is 0 Å². The molecule has 2 N–H and O–H groups in total. The largest absolute Gasteiger partial charge is 0.369 e. The summed E-state index contributed by atoms with van der Waals surface area (Å²) in [4.78, 5) is 40.5. The van der Waals surface area contributed by atoms with Gasteiger partial charge in [0.05, 0.1) is 27.7 Å². The highest BCUT2D eigenvalue weighted by molar-refractivity contribution is 8.01. The summed E-state index contributed by atoms with van der Waals surface area (Å²) in [6.07, 6.45) is 0.110. The van der Waals surface area contributed by atoms with Gasteiger partial charge in [-0.05, 0) is 13.0 Å². The highest BCUT2D eigenvalue weighted by atomic mass is 32.2. The number of non-ortho nitro benzene ring substituents is 1. The molecule has 3 rings (SSSR count). The molecule has 1 aromatic carbocycles. The van der Waals surface area contributed by atoms with Crippen LogP contribution in [0.3, 0.4) is 0 Å². The lowest BCUT2D eigenvalue weighted by atomic mass is 10.3. The van der Waals surface area contributed by atoms with Gasteiger partial charge in [0.25, 0.3) is 5.69 Å². The maximum absolute atomic E-state index is 12.8. The molecule has 1 saturated heterocycles. The Kier molecular flexibility index (Phi) is 7.48. The van der Waals surface area contributed by atoms with Crippen molar-refractivity contribution in [1.82, 2.24) is 14.2 Å². The van der Waals surface area contributed by atoms with Crippen molar-refractivity contribution in [2.75, 3.05) is 31.9 Å². The number of carbonyl (C=O) groups is 2. The van der Waals surface area contributed by atoms with E-state index in [0.717, 1.165) is 10.9 Å². The van der Waals surface area contributed by atoms with Gasteiger partial charge in [0.2, 0.25) is 21.8 Å². The van der Waals surface area contributed by atoms with Gasteiger partial charge >= 0.3 is 0 Å². The molecule has 1 aliphatic rings. The number of aryl methyl sites for hydroxylation is 1. The molecule has 1 aliphatic heterocycles. The Hall–Kier alpha value is -2.55. The SMILES string of the molecule is Cc1nc(SCC(=O)N2CCN(S(=O)(=O)c3cccc([N+](=O)[O-])c3)CC2)sc1CC(N)=O. The van der Waals surface area contributed by atoms with Crippen molar-refractivity contribution < 1.29 is 22.9 Å². The molecule has 0 atom stereocenters. The summed E-state index contributed by atoms with van der Waals surface area (Å²) in [6, 6.07) is 4.91. The highest BCUT2D eigenvalue weighted by Crippen LogP contribution is 2.28. The number of nitro groups is 1. The lowest BCUT2D eigenvalue weighted by Gasteiger charge is -2.33. The molecule has 0 bridgehead atoms. The number of piperazine rings is 1. The zero-order valence-corrected chi connectivity index (χ0v) is 19.5. The van der Waals surface area contributed by atoms with Crippen molar-refractivity contribution in [3.63, 3.8) is 0 Å². The first-order valence-electron chi connectivity index (χ1n) is 9.47. The molecule has 0 saturated carbocycles. The van der Waals surface area contributed by atoms with Crippen molar-refractivity contribution in [3.05, 3.63) is 45.0 Å². The Bertz CT molecular complexity index is 1140. The predicted octanol–water partition coefficient (Wildman–Crippen LogP) is 1.01. The van der Waals surface area contributed by atoms with Gasteiger partial charge in [0.15, 0.2) is 4.34 Å². The number of amides is 2. The summed E-state index contributed by atoms with van der Waals surface area (Å²) < 4.78 is 27.5. The summed E-state index contributed by atoms with van der Waals surface area (Å²) in [5.74, 6) is -0.449. The minimum Gasteiger partial charge on any atom is -0.369 e. The van der Waals surface area contributed by atoms with E-state index in [0.29, 0.717) is 10.0 Å². The molecular formula is C18H21N5O6S3. The summed E-state index contributed by atoms with van der Waals surface area (Å²) in [5, 5.41) is 10.9. The maximum Gasteiger partial charge on any atom is 0.270 e. The Labute approximate surface area is 192 Å². The number of hydrogen-bond acceptors (Lipinski definition) is 9. The number of hydrogen-bond donors (Lipinski definition) is 1. The summed E-state index contributed by atoms with van der Waals surface area (Å²) in [7, 11) is -3.89. The van der Waals surface area contributed by atoms with Gasteiger partial charge < -0.3 is 10.6 Å². The zero-order valence-electron chi connectivity index (χ0n) is 17.1. The van der Waals surface area contributed by atoms with Crippen LogP contribution in [0.2, 0.25) is 0 Å². The molecule has 1 fully saturated rings. The van der Waals surface area contributed by atoms with E-state index in [1.807, 2.05) is 0 Å². The molecule has 172 valence electrons. The monoisotopic (exact) mass is 499 g/mol. The third-order valence-electron chi connectivity index (χ3n) is 4.78. The summed E-state index contributed by atoms with van der Waals surface area (Å²) >= 11 is 2.59. The quantitative estimate of drug-likeness (QED) is 0.320. The Morgan fingerprint density at radius 3 is 2.59 bits per heavy atom. The Morgan fingerprint density at radius 2 is 1.97 bits per heavy atom. The van der Waals surface area contributed by atoms with Crippen molar-refractivity contribution in [2.24, 2.45) is 5.73 Å². The normalized spacial score (nSPS) is 15.0. The van der Waals surface area contributed by atoms with E-state index in [-0.39, 0.29) is 54.8 Å². The van der Waals surface area contributed by atoms with Crippen LogP contribution in [-0.2, 0) is 26.0 Å². The number of thiazole rings is 1. The van der Waals surface area contributed by atoms with Gasteiger partial charge in [0.1, 0.15) is 0 Å². The molecule has 0 aliphatic carbocycles. The number of benzene rings is 1. The number of aromatic nitrogens is 1. The van der Waals surface area contributed by atoms with E-state index < -0.39 is 20.9 Å². The number of nitrogens with two attached hydrogens (primary N) is 1. The number of carbonyl (C=O) groups excluding carboxylic acids is 2. The molecule has 14 heteroatoms. The number of primary amides is 1. The van der Waals surface area contributed by atoms with E-state index in [9.17, 15) is 28.1 Å². The first-order valence-corrected chi connectivity index (χ1v) is 12.7. The van der Waals surface area contributed by atoms with Crippen molar-refractivity contribution in [3.8, 4) is 0 Å². The fourth-order valence-electron chi connectivity index (χ4n) is 3.08. The van der Waals surface area contributed by atoms with Crippen LogP contribution < -0.4 is 5.73 Å². The second-order valence-corrected chi connectivity index (χ2v) is 11.2. The first kappa shape index (κ1) is 24.1. The summed E-state index contributed by atoms with van der Waals surface area (Å²) in [6.45, 7) is 2.41. The van der Waals surface area contributed by atoms with E-state index in [2.05, 4.69) is 4.98 Å². The van der Waals surface area contributed by atoms with Gasteiger partial charge in [-0.2, -0.15) is 4.31 Å². The second-order valence-electron chi connectivity index (χ2n) is 6.96. The molecule has 2 heterocycles. The molecular weight excluding hydrogens is 478 g/mol. The lowest BCUT2D eigenvalue weighted by Crippen LogP contribution is -2.50. The number of nitro benzene ring substituents is 1. The van der Waals surface area contributed by atoms with Gasteiger partial charge in [-0.15, -0.1) is 11.3 Å². The lowest BCUT2D eigenvalue weighted by molar-refractivity contribution is -0.385. The Balaban J connectivity index is 1.56. The number of rotatable bonds is 8. The Morgan fingerprint density at radius 1 is 1.28 bits per heavy atom. The molecule has 11 nitrogen and oxygen atoms in total. The van der Waals surface area contributed by atoms with Gasteiger partial charge in [-0.1, -0.05) is 17.8 Å². The van der Waals surface area contributed by atoms with Crippen LogP contribution in [0.1, 0.15) is 10.6 Å². The molecule has 0 spiro atoms. The van der Waals surface area contributed by atoms with Crippen LogP contribution in [0.4, 0.5) is 5.69 Å². The van der Waals surface area contributed by atoms with Gasteiger partial charge in [-0.25, -0.2) is 13.4 Å². The van der Waals surface area contributed by atoms with Crippen LogP contribution >= 0.6 is 23.1 Å². The number of nitrogens with zero attached hydrogens (tertiary/aromatic N) is 4. The predicted molar refractivity (Wildman–Crippen MR) is 119 cm³/mol. The van der Waals surface area contributed by atoms with E-state index in [1.54, 1.807) is 11.8 Å². The molecule has 0 unspecified atom stereocenters. The average Bonchev–Trinajstić information content (AvgIpc) is 3.10. The maximum atomic E-state index is 12.8. The third-order valence-corrected chi connectivity index (χ3v) is 8.96.